The van der Waals surface area contributed by atoms with E-state index >= 15 is 0 Å². The summed E-state index contributed by atoms with van der Waals surface area (Å²) in [4.78, 5) is 42.6. The van der Waals surface area contributed by atoms with Crippen molar-refractivity contribution in [2.24, 2.45) is 0 Å². The van der Waals surface area contributed by atoms with Gasteiger partial charge in [0.05, 0.1) is 29.3 Å². The molecule has 0 radical (unpaired) electrons. The molecule has 0 spiro atoms. The minimum Gasteiger partial charge on any atom is -0.464 e. The Hall–Kier alpha value is -4.66. The zero-order chi connectivity index (χ0) is 28.9. The maximum Gasteiger partial charge on any atom is 0.416 e. The summed E-state index contributed by atoms with van der Waals surface area (Å²) >= 11 is 0. The van der Waals surface area contributed by atoms with Crippen LogP contribution >= 0.6 is 0 Å². The highest BCUT2D eigenvalue weighted by molar-refractivity contribution is 5.96. The fourth-order valence-corrected chi connectivity index (χ4v) is 4.29. The lowest BCUT2D eigenvalue weighted by atomic mass is 10.1. The van der Waals surface area contributed by atoms with Gasteiger partial charge in [-0.05, 0) is 42.8 Å². The summed E-state index contributed by atoms with van der Waals surface area (Å²) in [5.74, 6) is -1.26. The van der Waals surface area contributed by atoms with Crippen molar-refractivity contribution in [2.45, 2.75) is 26.2 Å². The van der Waals surface area contributed by atoms with E-state index < -0.39 is 30.1 Å². The van der Waals surface area contributed by atoms with Crippen molar-refractivity contribution < 1.29 is 27.2 Å². The first-order valence-electron chi connectivity index (χ1n) is 12.5. The fraction of sp³-hybridized carbons (Fsp3) is 0.194. The number of halogens is 3. The molecule has 0 bridgehead atoms. The van der Waals surface area contributed by atoms with E-state index in [0.717, 1.165) is 34.2 Å². The summed E-state index contributed by atoms with van der Waals surface area (Å²) in [7, 11) is 0. The topological polar surface area (TPSA) is 70.8 Å². The van der Waals surface area contributed by atoms with Crippen molar-refractivity contribution in [3.8, 4) is 0 Å². The molecule has 0 unspecified atom stereocenters. The zero-order valence-electron chi connectivity index (χ0n) is 21.8. The van der Waals surface area contributed by atoms with Gasteiger partial charge in [0.15, 0.2) is 5.43 Å². The molecule has 6 nitrogen and oxygen atoms in total. The molecule has 0 aliphatic heterocycles. The third-order valence-corrected chi connectivity index (χ3v) is 6.33. The van der Waals surface area contributed by atoms with Crippen LogP contribution in [0.1, 0.15) is 32.6 Å². The van der Waals surface area contributed by atoms with Gasteiger partial charge < -0.3 is 14.2 Å². The van der Waals surface area contributed by atoms with Crippen LogP contribution in [0.25, 0.3) is 11.0 Å². The lowest BCUT2D eigenvalue weighted by Gasteiger charge is -2.27. The first kappa shape index (κ1) is 28.4. The van der Waals surface area contributed by atoms with Crippen LogP contribution in [0.5, 0.6) is 0 Å². The van der Waals surface area contributed by atoms with Crippen LogP contribution in [-0.2, 0) is 24.1 Å². The number of aryl methyl sites for hydroxylation is 1. The van der Waals surface area contributed by atoms with Crippen molar-refractivity contribution in [1.82, 2.24) is 9.80 Å². The molecule has 0 fully saturated rings. The van der Waals surface area contributed by atoms with Crippen molar-refractivity contribution in [3.05, 3.63) is 130 Å². The lowest BCUT2D eigenvalue weighted by molar-refractivity contribution is -0.137. The Labute approximate surface area is 228 Å². The second-order valence-corrected chi connectivity index (χ2v) is 9.38. The number of nitrogens with zero attached hydrogens (tertiary/aromatic N) is 2. The number of benzene rings is 3. The van der Waals surface area contributed by atoms with E-state index in [-0.39, 0.29) is 36.2 Å². The summed E-state index contributed by atoms with van der Waals surface area (Å²) < 4.78 is 45.3. The van der Waals surface area contributed by atoms with Crippen molar-refractivity contribution >= 4 is 22.8 Å². The first-order chi connectivity index (χ1) is 19.1. The van der Waals surface area contributed by atoms with Gasteiger partial charge >= 0.3 is 6.18 Å². The van der Waals surface area contributed by atoms with E-state index in [0.29, 0.717) is 11.0 Å². The molecular weight excluding hydrogens is 521 g/mol. The van der Waals surface area contributed by atoms with Crippen molar-refractivity contribution in [2.75, 3.05) is 13.1 Å². The maximum absolute atomic E-state index is 13.6. The van der Waals surface area contributed by atoms with Crippen LogP contribution in [0.2, 0.25) is 0 Å². The molecule has 4 rings (SSSR count). The molecule has 206 valence electrons. The molecule has 1 aromatic heterocycles. The summed E-state index contributed by atoms with van der Waals surface area (Å²) in [5, 5.41) is 0.387. The van der Waals surface area contributed by atoms with Gasteiger partial charge in [0.25, 0.3) is 5.91 Å². The number of fused-ring (bicyclic) bond motifs is 1. The molecule has 0 saturated heterocycles. The Morgan fingerprint density at radius 1 is 0.950 bits per heavy atom. The lowest BCUT2D eigenvalue weighted by Crippen LogP contribution is -2.43. The molecule has 0 aliphatic carbocycles. The highest BCUT2D eigenvalue weighted by Crippen LogP contribution is 2.29. The number of rotatable bonds is 9. The molecule has 0 saturated carbocycles. The fourth-order valence-electron chi connectivity index (χ4n) is 4.29. The van der Waals surface area contributed by atoms with E-state index in [1.165, 1.54) is 23.3 Å². The Morgan fingerprint density at radius 3 is 2.40 bits per heavy atom. The van der Waals surface area contributed by atoms with E-state index in [4.69, 9.17) is 4.42 Å². The Balaban J connectivity index is 1.64. The van der Waals surface area contributed by atoms with Crippen LogP contribution in [0.4, 0.5) is 13.2 Å². The third kappa shape index (κ3) is 6.66. The zero-order valence-corrected chi connectivity index (χ0v) is 21.8. The van der Waals surface area contributed by atoms with Gasteiger partial charge in [-0.2, -0.15) is 13.2 Å². The Morgan fingerprint density at radius 2 is 1.70 bits per heavy atom. The maximum atomic E-state index is 13.6. The van der Waals surface area contributed by atoms with Gasteiger partial charge in [0.2, 0.25) is 5.91 Å². The van der Waals surface area contributed by atoms with Gasteiger partial charge in [0.1, 0.15) is 12.1 Å². The predicted molar refractivity (Wildman–Crippen MR) is 145 cm³/mol. The molecule has 4 aromatic rings. The summed E-state index contributed by atoms with van der Waals surface area (Å²) in [6.07, 6.45) is -1.91. The number of carbonyl (C=O) groups is 2. The smallest absolute Gasteiger partial charge is 0.416 e. The van der Waals surface area contributed by atoms with Crippen LogP contribution in [0.3, 0.4) is 0 Å². The van der Waals surface area contributed by atoms with Gasteiger partial charge in [-0.1, -0.05) is 54.1 Å². The molecule has 0 N–H and O–H groups in total. The molecule has 9 heteroatoms. The number of hydrogen-bond acceptors (Lipinski definition) is 4. The van der Waals surface area contributed by atoms with Crippen LogP contribution < -0.4 is 5.43 Å². The minimum absolute atomic E-state index is 0.0720. The molecule has 1 heterocycles. The monoisotopic (exact) mass is 548 g/mol. The molecule has 3 aromatic carbocycles. The number of alkyl halides is 3. The quantitative estimate of drug-likeness (QED) is 0.242. The average molecular weight is 549 g/mol. The molecule has 40 heavy (non-hydrogen) atoms. The minimum atomic E-state index is -4.62. The highest BCUT2D eigenvalue weighted by atomic mass is 19.4. The van der Waals surface area contributed by atoms with Crippen LogP contribution in [0, 0.1) is 6.92 Å². The van der Waals surface area contributed by atoms with E-state index in [1.807, 2.05) is 43.3 Å². The second kappa shape index (κ2) is 12.0. The summed E-state index contributed by atoms with van der Waals surface area (Å²) in [6.45, 7) is 4.99. The van der Waals surface area contributed by atoms with Gasteiger partial charge in [0, 0.05) is 18.7 Å². The average Bonchev–Trinajstić information content (AvgIpc) is 2.94. The molecule has 0 aliphatic rings. The molecule has 0 atom stereocenters. The molecular formula is C31H27F3N2O4. The SMILES string of the molecule is C=CCN(CC(=O)N(Cc1ccccc1)Cc1coc2ccc(C)cc2c1=O)C(=O)c1cccc(C(F)(F)F)c1. The Bertz CT molecular complexity index is 1600. The second-order valence-electron chi connectivity index (χ2n) is 9.38. The van der Waals surface area contributed by atoms with E-state index in [1.54, 1.807) is 12.1 Å². The number of carbonyl (C=O) groups excluding carboxylic acids is 2. The first-order valence-corrected chi connectivity index (χ1v) is 12.5. The van der Waals surface area contributed by atoms with E-state index in [9.17, 15) is 27.6 Å². The standard InChI is InChI=1S/C31H27F3N2O4/c1-3-14-35(30(39)23-10-7-11-25(16-23)31(32,33)34)19-28(37)36(17-22-8-5-4-6-9-22)18-24-20-40-27-13-12-21(2)15-26(27)29(24)38/h3-13,15-16,20H,1,14,17-19H2,2H3. The highest BCUT2D eigenvalue weighted by Gasteiger charge is 2.31. The van der Waals surface area contributed by atoms with Crippen molar-refractivity contribution in [1.29, 1.82) is 0 Å². The van der Waals surface area contributed by atoms with Gasteiger partial charge in [-0.25, -0.2) is 0 Å². The van der Waals surface area contributed by atoms with Gasteiger partial charge in [-0.3, -0.25) is 14.4 Å². The van der Waals surface area contributed by atoms with Crippen LogP contribution in [0.15, 0.2) is 101 Å². The largest absolute Gasteiger partial charge is 0.464 e. The summed E-state index contributed by atoms with van der Waals surface area (Å²) in [6, 6.07) is 18.4. The third-order valence-electron chi connectivity index (χ3n) is 6.33. The summed E-state index contributed by atoms with van der Waals surface area (Å²) in [5.41, 5.74) is 0.889. The van der Waals surface area contributed by atoms with Crippen molar-refractivity contribution in [3.63, 3.8) is 0 Å². The predicted octanol–water partition coefficient (Wildman–Crippen LogP) is 5.98. The van der Waals surface area contributed by atoms with Crippen LogP contribution in [-0.4, -0.2) is 34.7 Å². The van der Waals surface area contributed by atoms with Gasteiger partial charge in [-0.15, -0.1) is 6.58 Å². The van der Waals surface area contributed by atoms with E-state index in [2.05, 4.69) is 6.58 Å². The normalized spacial score (nSPS) is 11.3. The molecule has 2 amide bonds. The Kier molecular flexibility index (Phi) is 8.52. The number of amides is 2. The number of hydrogen-bond donors (Lipinski definition) is 0.